The number of nitrogens with one attached hydrogen (secondary N) is 1. The zero-order valence-electron chi connectivity index (χ0n) is 17.3. The number of para-hydroxylation sites is 2. The number of amides is 1. The molecule has 3 aromatic rings. The molecule has 0 radical (unpaired) electrons. The number of phenols is 1. The molecule has 1 aliphatic rings. The lowest BCUT2D eigenvalue weighted by Gasteiger charge is -2.23. The highest BCUT2D eigenvalue weighted by atomic mass is 32.2. The number of carbonyl (C=O) groups is 1. The first kappa shape index (κ1) is 21.8. The van der Waals surface area contributed by atoms with Gasteiger partial charge in [-0.15, -0.1) is 11.3 Å². The van der Waals surface area contributed by atoms with Gasteiger partial charge >= 0.3 is 0 Å². The van der Waals surface area contributed by atoms with Gasteiger partial charge in [0.15, 0.2) is 11.5 Å². The fourth-order valence-corrected chi connectivity index (χ4v) is 4.84. The second-order valence-electron chi connectivity index (χ2n) is 7.21. The van der Waals surface area contributed by atoms with E-state index in [9.17, 15) is 18.3 Å². The highest BCUT2D eigenvalue weighted by Crippen LogP contribution is 2.42. The van der Waals surface area contributed by atoms with Crippen molar-refractivity contribution in [1.82, 2.24) is 5.01 Å². The predicted octanol–water partition coefficient (Wildman–Crippen LogP) is 3.83. The average Bonchev–Trinajstić information content (AvgIpc) is 3.43. The molecule has 0 aliphatic carbocycles. The molecule has 4 rings (SSSR count). The molecule has 32 heavy (non-hydrogen) atoms. The van der Waals surface area contributed by atoms with Crippen LogP contribution in [-0.4, -0.2) is 43.5 Å². The lowest BCUT2D eigenvalue weighted by Crippen LogP contribution is -2.26. The zero-order valence-corrected chi connectivity index (χ0v) is 19.0. The highest BCUT2D eigenvalue weighted by molar-refractivity contribution is 7.92. The number of ether oxygens (including phenoxy) is 1. The maximum absolute atomic E-state index is 13.3. The van der Waals surface area contributed by atoms with Gasteiger partial charge in [0, 0.05) is 17.5 Å². The lowest BCUT2D eigenvalue weighted by molar-refractivity contribution is 0.0714. The number of sulfonamides is 1. The van der Waals surface area contributed by atoms with E-state index in [4.69, 9.17) is 4.74 Å². The second kappa shape index (κ2) is 8.64. The Balaban J connectivity index is 1.80. The summed E-state index contributed by atoms with van der Waals surface area (Å²) in [5.41, 5.74) is 1.94. The van der Waals surface area contributed by atoms with Crippen molar-refractivity contribution >= 4 is 38.7 Å². The van der Waals surface area contributed by atoms with Crippen LogP contribution in [0, 0.1) is 0 Å². The Labute approximate surface area is 189 Å². The van der Waals surface area contributed by atoms with Gasteiger partial charge in [-0.3, -0.25) is 9.52 Å². The normalized spacial score (nSPS) is 16.0. The summed E-state index contributed by atoms with van der Waals surface area (Å²) >= 11 is 1.30. The number of benzene rings is 2. The monoisotopic (exact) mass is 471 g/mol. The number of anilines is 1. The Morgan fingerprint density at radius 2 is 1.97 bits per heavy atom. The van der Waals surface area contributed by atoms with E-state index >= 15 is 0 Å². The molecular weight excluding hydrogens is 450 g/mol. The number of hydrogen-bond donors (Lipinski definition) is 2. The fraction of sp³-hybridized carbons (Fsp3) is 0.182. The van der Waals surface area contributed by atoms with Gasteiger partial charge in [0.25, 0.3) is 5.91 Å². The second-order valence-corrected chi connectivity index (χ2v) is 9.91. The first-order valence-corrected chi connectivity index (χ1v) is 12.4. The van der Waals surface area contributed by atoms with E-state index < -0.39 is 16.1 Å². The van der Waals surface area contributed by atoms with Crippen molar-refractivity contribution in [3.63, 3.8) is 0 Å². The van der Waals surface area contributed by atoms with Crippen LogP contribution in [0.2, 0.25) is 0 Å². The molecule has 0 fully saturated rings. The molecular formula is C22H21N3O5S2. The molecule has 0 bridgehead atoms. The van der Waals surface area contributed by atoms with Crippen molar-refractivity contribution in [1.29, 1.82) is 0 Å². The number of hydrazone groups is 1. The summed E-state index contributed by atoms with van der Waals surface area (Å²) in [7, 11) is -2.06. The number of thiophene rings is 1. The van der Waals surface area contributed by atoms with Gasteiger partial charge in [-0.25, -0.2) is 13.4 Å². The Bertz CT molecular complexity index is 1290. The molecule has 2 heterocycles. The molecule has 0 spiro atoms. The summed E-state index contributed by atoms with van der Waals surface area (Å²) in [4.78, 5) is 13.8. The van der Waals surface area contributed by atoms with Crippen LogP contribution in [0.1, 0.15) is 33.3 Å². The van der Waals surface area contributed by atoms with Gasteiger partial charge in [-0.1, -0.05) is 36.4 Å². The van der Waals surface area contributed by atoms with Crippen LogP contribution in [0.5, 0.6) is 11.5 Å². The van der Waals surface area contributed by atoms with Crippen molar-refractivity contribution in [2.24, 2.45) is 5.10 Å². The van der Waals surface area contributed by atoms with Crippen LogP contribution >= 0.6 is 11.3 Å². The molecule has 10 heteroatoms. The predicted molar refractivity (Wildman–Crippen MR) is 124 cm³/mol. The summed E-state index contributed by atoms with van der Waals surface area (Å²) in [5.74, 6) is -0.0858. The minimum absolute atomic E-state index is 0.0667. The third kappa shape index (κ3) is 4.32. The summed E-state index contributed by atoms with van der Waals surface area (Å²) in [6, 6.07) is 14.8. The van der Waals surface area contributed by atoms with Crippen LogP contribution in [0.4, 0.5) is 5.69 Å². The zero-order chi connectivity index (χ0) is 22.9. The number of carbonyl (C=O) groups excluding carboxylic acids is 1. The molecule has 2 N–H and O–H groups in total. The van der Waals surface area contributed by atoms with Crippen molar-refractivity contribution in [3.05, 3.63) is 76.0 Å². The summed E-state index contributed by atoms with van der Waals surface area (Å²) in [6.07, 6.45) is 1.35. The maximum atomic E-state index is 13.3. The van der Waals surface area contributed by atoms with Crippen LogP contribution < -0.4 is 9.46 Å². The summed E-state index contributed by atoms with van der Waals surface area (Å²) < 4.78 is 31.4. The van der Waals surface area contributed by atoms with Crippen LogP contribution in [0.3, 0.4) is 0 Å². The van der Waals surface area contributed by atoms with Crippen molar-refractivity contribution in [3.8, 4) is 11.5 Å². The molecule has 1 aromatic heterocycles. The van der Waals surface area contributed by atoms with Gasteiger partial charge in [0.1, 0.15) is 0 Å². The smallest absolute Gasteiger partial charge is 0.284 e. The summed E-state index contributed by atoms with van der Waals surface area (Å²) in [6.45, 7) is 0. The highest BCUT2D eigenvalue weighted by Gasteiger charge is 2.36. The van der Waals surface area contributed by atoms with Crippen LogP contribution in [-0.2, 0) is 10.0 Å². The molecule has 1 amide bonds. The first-order chi connectivity index (χ1) is 15.3. The molecule has 1 atom stereocenters. The van der Waals surface area contributed by atoms with Crippen molar-refractivity contribution in [2.75, 3.05) is 18.1 Å². The average molecular weight is 472 g/mol. The quantitative estimate of drug-likeness (QED) is 0.568. The number of phenolic OH excluding ortho intramolecular Hbond substituents is 1. The SMILES string of the molecule is COc1cccc([C@H]2CC(c3ccccc3NS(C)(=O)=O)=NN2C(=O)c2cccs2)c1O. The summed E-state index contributed by atoms with van der Waals surface area (Å²) in [5, 5.41) is 18.5. The largest absolute Gasteiger partial charge is 0.504 e. The molecule has 2 aromatic carbocycles. The number of hydrogen-bond acceptors (Lipinski definition) is 7. The van der Waals surface area contributed by atoms with E-state index in [0.717, 1.165) is 6.26 Å². The lowest BCUT2D eigenvalue weighted by atomic mass is 9.96. The maximum Gasteiger partial charge on any atom is 0.284 e. The number of aromatic hydroxyl groups is 1. The minimum Gasteiger partial charge on any atom is -0.504 e. The number of rotatable bonds is 6. The molecule has 8 nitrogen and oxygen atoms in total. The van der Waals surface area contributed by atoms with Gasteiger partial charge in [-0.05, 0) is 23.6 Å². The first-order valence-electron chi connectivity index (χ1n) is 9.66. The van der Waals surface area contributed by atoms with Crippen LogP contribution in [0.15, 0.2) is 65.1 Å². The topological polar surface area (TPSA) is 108 Å². The Kier molecular flexibility index (Phi) is 5.90. The van der Waals surface area contributed by atoms with Crippen molar-refractivity contribution < 1.29 is 23.1 Å². The van der Waals surface area contributed by atoms with E-state index in [2.05, 4.69) is 9.82 Å². The van der Waals surface area contributed by atoms with Gasteiger partial charge < -0.3 is 9.84 Å². The standard InChI is InChI=1S/C22H21N3O5S2/c1-30-19-10-5-8-15(21(19)26)18-13-17(23-25(18)22(27)20-11-6-12-31-20)14-7-3-4-9-16(14)24-32(2,28)29/h3-12,18,24,26H,13H2,1-2H3/t18-/m1/s1. The molecule has 166 valence electrons. The number of nitrogens with zero attached hydrogens (tertiary/aromatic N) is 2. The van der Waals surface area contributed by atoms with E-state index in [1.807, 2.05) is 0 Å². The molecule has 0 unspecified atom stereocenters. The van der Waals surface area contributed by atoms with E-state index in [-0.39, 0.29) is 18.1 Å². The Morgan fingerprint density at radius 1 is 1.19 bits per heavy atom. The third-order valence-electron chi connectivity index (χ3n) is 4.99. The Morgan fingerprint density at radius 3 is 2.66 bits per heavy atom. The Hall–Kier alpha value is -3.37. The minimum atomic E-state index is -3.52. The number of methoxy groups -OCH3 is 1. The van der Waals surface area contributed by atoms with E-state index in [1.54, 1.807) is 60.0 Å². The van der Waals surface area contributed by atoms with E-state index in [1.165, 1.54) is 23.5 Å². The molecule has 1 aliphatic heterocycles. The van der Waals surface area contributed by atoms with Crippen LogP contribution in [0.25, 0.3) is 0 Å². The van der Waals surface area contributed by atoms with Gasteiger partial charge in [0.2, 0.25) is 10.0 Å². The third-order valence-corrected chi connectivity index (χ3v) is 6.44. The van der Waals surface area contributed by atoms with Crippen molar-refractivity contribution in [2.45, 2.75) is 12.5 Å². The molecule has 0 saturated heterocycles. The van der Waals surface area contributed by atoms with Gasteiger partial charge in [0.05, 0.1) is 35.7 Å². The van der Waals surface area contributed by atoms with Gasteiger partial charge in [-0.2, -0.15) is 5.10 Å². The fourth-order valence-electron chi connectivity index (χ4n) is 3.61. The molecule has 0 saturated carbocycles. The van der Waals surface area contributed by atoms with E-state index in [0.29, 0.717) is 33.2 Å².